The summed E-state index contributed by atoms with van der Waals surface area (Å²) in [5.41, 5.74) is 18.0. The summed E-state index contributed by atoms with van der Waals surface area (Å²) in [7, 11) is 0. The van der Waals surface area contributed by atoms with Crippen LogP contribution in [-0.4, -0.2) is 0 Å². The molecule has 156 valence electrons. The zero-order valence-electron chi connectivity index (χ0n) is 18.1. The van der Waals surface area contributed by atoms with Gasteiger partial charge in [-0.25, -0.2) is 0 Å². The van der Waals surface area contributed by atoms with Crippen LogP contribution in [0.15, 0.2) is 121 Å². The predicted molar refractivity (Wildman–Crippen MR) is 136 cm³/mol. The van der Waals surface area contributed by atoms with Gasteiger partial charge in [0.05, 0.1) is 16.8 Å². The molecule has 0 saturated carbocycles. The predicted octanol–water partition coefficient (Wildman–Crippen LogP) is 7.42. The summed E-state index contributed by atoms with van der Waals surface area (Å²) in [6.07, 6.45) is 0. The van der Waals surface area contributed by atoms with Crippen molar-refractivity contribution in [2.45, 2.75) is 5.41 Å². The van der Waals surface area contributed by atoms with Crippen LogP contribution >= 0.6 is 0 Å². The molecule has 2 aliphatic rings. The van der Waals surface area contributed by atoms with Crippen LogP contribution in [0.2, 0.25) is 0 Å². The van der Waals surface area contributed by atoms with E-state index in [0.717, 1.165) is 11.4 Å². The number of rotatable bonds is 1. The van der Waals surface area contributed by atoms with E-state index in [2.05, 4.69) is 114 Å². The fourth-order valence-corrected chi connectivity index (χ4v) is 6.00. The highest BCUT2D eigenvalue weighted by molar-refractivity contribution is 5.95. The van der Waals surface area contributed by atoms with Crippen molar-refractivity contribution in [1.29, 1.82) is 0 Å². The highest BCUT2D eigenvalue weighted by Crippen LogP contribution is 2.63. The highest BCUT2D eigenvalue weighted by Gasteiger charge is 2.51. The third kappa shape index (κ3) is 2.27. The van der Waals surface area contributed by atoms with Crippen LogP contribution in [0.3, 0.4) is 0 Å². The fourth-order valence-electron chi connectivity index (χ4n) is 6.00. The van der Waals surface area contributed by atoms with E-state index in [1.54, 1.807) is 0 Å². The maximum absolute atomic E-state index is 6.22. The SMILES string of the molecule is Nc1cccc(N2c3ccccc3C3(c4ccccc4-c4ccccc43)c3ccccc32)c1. The summed E-state index contributed by atoms with van der Waals surface area (Å²) < 4.78 is 0. The van der Waals surface area contributed by atoms with Crippen LogP contribution in [0, 0.1) is 0 Å². The number of anilines is 4. The number of hydrogen-bond acceptors (Lipinski definition) is 2. The Labute approximate surface area is 193 Å². The number of benzene rings is 5. The molecule has 1 aliphatic heterocycles. The molecule has 2 heteroatoms. The first-order valence-electron chi connectivity index (χ1n) is 11.3. The number of hydrogen-bond donors (Lipinski definition) is 1. The van der Waals surface area contributed by atoms with E-state index in [4.69, 9.17) is 5.73 Å². The second-order valence-electron chi connectivity index (χ2n) is 8.81. The third-order valence-corrected chi connectivity index (χ3v) is 7.18. The molecule has 5 aromatic rings. The van der Waals surface area contributed by atoms with E-state index >= 15 is 0 Å². The number of fused-ring (bicyclic) bond motifs is 9. The Morgan fingerprint density at radius 2 is 0.970 bits per heavy atom. The monoisotopic (exact) mass is 422 g/mol. The first-order chi connectivity index (χ1) is 16.3. The minimum atomic E-state index is -0.364. The van der Waals surface area contributed by atoms with Gasteiger partial charge in [-0.15, -0.1) is 0 Å². The second-order valence-corrected chi connectivity index (χ2v) is 8.81. The van der Waals surface area contributed by atoms with Crippen LogP contribution in [0.25, 0.3) is 11.1 Å². The minimum Gasteiger partial charge on any atom is -0.399 e. The lowest BCUT2D eigenvalue weighted by atomic mass is 9.64. The van der Waals surface area contributed by atoms with Crippen LogP contribution < -0.4 is 10.6 Å². The minimum absolute atomic E-state index is 0.364. The third-order valence-electron chi connectivity index (χ3n) is 7.18. The molecule has 1 aliphatic carbocycles. The summed E-state index contributed by atoms with van der Waals surface area (Å²) >= 11 is 0. The standard InChI is InChI=1S/C31H22N2/c32-21-10-9-11-22(20-21)33-29-18-7-5-16-27(29)31(28-17-6-8-19-30(28)33)25-14-3-1-12-23(25)24-13-2-4-15-26(24)31/h1-20H,32H2. The Morgan fingerprint density at radius 1 is 0.485 bits per heavy atom. The van der Waals surface area contributed by atoms with Crippen molar-refractivity contribution < 1.29 is 0 Å². The lowest BCUT2D eigenvalue weighted by molar-refractivity contribution is 0.752. The molecule has 0 saturated heterocycles. The molecule has 33 heavy (non-hydrogen) atoms. The number of para-hydroxylation sites is 2. The van der Waals surface area contributed by atoms with Crippen molar-refractivity contribution in [3.8, 4) is 11.1 Å². The molecule has 0 atom stereocenters. The second kappa shape index (κ2) is 6.60. The van der Waals surface area contributed by atoms with Crippen molar-refractivity contribution in [1.82, 2.24) is 0 Å². The van der Waals surface area contributed by atoms with Gasteiger partial charge in [-0.05, 0) is 63.7 Å². The fraction of sp³-hybridized carbons (Fsp3) is 0.0323. The van der Waals surface area contributed by atoms with Crippen molar-refractivity contribution >= 4 is 22.7 Å². The van der Waals surface area contributed by atoms with Gasteiger partial charge in [0.1, 0.15) is 0 Å². The smallest absolute Gasteiger partial charge is 0.0754 e. The topological polar surface area (TPSA) is 29.3 Å². The van der Waals surface area contributed by atoms with E-state index in [0.29, 0.717) is 0 Å². The first kappa shape index (κ1) is 18.3. The number of nitrogens with two attached hydrogens (primary N) is 1. The Hall–Kier alpha value is -4.30. The van der Waals surface area contributed by atoms with E-state index in [1.165, 1.54) is 44.8 Å². The molecule has 0 radical (unpaired) electrons. The van der Waals surface area contributed by atoms with Gasteiger partial charge >= 0.3 is 0 Å². The van der Waals surface area contributed by atoms with Crippen molar-refractivity contribution in [3.63, 3.8) is 0 Å². The van der Waals surface area contributed by atoms with Gasteiger partial charge < -0.3 is 10.6 Å². The first-order valence-corrected chi connectivity index (χ1v) is 11.3. The molecule has 2 nitrogen and oxygen atoms in total. The van der Waals surface area contributed by atoms with E-state index < -0.39 is 0 Å². The molecule has 0 amide bonds. The van der Waals surface area contributed by atoms with Crippen LogP contribution in [0.5, 0.6) is 0 Å². The molecule has 0 aromatic heterocycles. The summed E-state index contributed by atoms with van der Waals surface area (Å²) in [5.74, 6) is 0. The molecule has 7 rings (SSSR count). The average molecular weight is 423 g/mol. The van der Waals surface area contributed by atoms with Gasteiger partial charge in [0.2, 0.25) is 0 Å². The summed E-state index contributed by atoms with van der Waals surface area (Å²) in [4.78, 5) is 2.36. The molecule has 1 heterocycles. The van der Waals surface area contributed by atoms with Crippen LogP contribution in [0.4, 0.5) is 22.7 Å². The molecule has 0 bridgehead atoms. The Balaban J connectivity index is 1.66. The lowest BCUT2D eigenvalue weighted by Gasteiger charge is -2.45. The largest absolute Gasteiger partial charge is 0.399 e. The molecule has 5 aromatic carbocycles. The van der Waals surface area contributed by atoms with Crippen LogP contribution in [0.1, 0.15) is 22.3 Å². The maximum Gasteiger partial charge on any atom is 0.0754 e. The highest BCUT2D eigenvalue weighted by atomic mass is 15.2. The lowest BCUT2D eigenvalue weighted by Crippen LogP contribution is -2.36. The summed E-state index contributed by atoms with van der Waals surface area (Å²) in [6.45, 7) is 0. The normalized spacial score (nSPS) is 14.4. The molecule has 2 N–H and O–H groups in total. The maximum atomic E-state index is 6.22. The molecule has 0 fully saturated rings. The van der Waals surface area contributed by atoms with Crippen molar-refractivity contribution in [3.05, 3.63) is 144 Å². The zero-order chi connectivity index (χ0) is 22.0. The van der Waals surface area contributed by atoms with E-state index in [-0.39, 0.29) is 5.41 Å². The zero-order valence-corrected chi connectivity index (χ0v) is 18.1. The van der Waals surface area contributed by atoms with Gasteiger partial charge in [-0.2, -0.15) is 0 Å². The Kier molecular flexibility index (Phi) is 3.66. The molecule has 0 unspecified atom stereocenters. The van der Waals surface area contributed by atoms with Crippen molar-refractivity contribution in [2.24, 2.45) is 0 Å². The molecule has 1 spiro atoms. The van der Waals surface area contributed by atoms with Gasteiger partial charge in [0, 0.05) is 11.4 Å². The van der Waals surface area contributed by atoms with E-state index in [9.17, 15) is 0 Å². The van der Waals surface area contributed by atoms with Gasteiger partial charge in [-0.3, -0.25) is 0 Å². The van der Waals surface area contributed by atoms with Gasteiger partial charge in [0.15, 0.2) is 0 Å². The quantitative estimate of drug-likeness (QED) is 0.279. The number of nitrogens with zero attached hydrogens (tertiary/aromatic N) is 1. The van der Waals surface area contributed by atoms with Gasteiger partial charge in [0.25, 0.3) is 0 Å². The van der Waals surface area contributed by atoms with Crippen molar-refractivity contribution in [2.75, 3.05) is 10.6 Å². The Bertz CT molecular complexity index is 1450. The molecular formula is C31H22N2. The van der Waals surface area contributed by atoms with Crippen LogP contribution in [-0.2, 0) is 5.41 Å². The van der Waals surface area contributed by atoms with E-state index in [1.807, 2.05) is 12.1 Å². The molecular weight excluding hydrogens is 400 g/mol. The summed E-state index contributed by atoms with van der Waals surface area (Å²) in [5, 5.41) is 0. The van der Waals surface area contributed by atoms with Gasteiger partial charge in [-0.1, -0.05) is 91.0 Å². The Morgan fingerprint density at radius 3 is 1.52 bits per heavy atom. The summed E-state index contributed by atoms with van der Waals surface area (Å²) in [6, 6.07) is 43.6. The average Bonchev–Trinajstić information content (AvgIpc) is 3.16. The number of nitrogen functional groups attached to an aromatic ring is 1.